The highest BCUT2D eigenvalue weighted by Gasteiger charge is 2.51. The second-order valence-electron chi connectivity index (χ2n) is 5.17. The largest absolute Gasteiger partial charge is 0.325 e. The number of carbonyl (C=O) groups excluding carboxylic acids is 1. The van der Waals surface area contributed by atoms with E-state index in [2.05, 4.69) is 5.32 Å². The van der Waals surface area contributed by atoms with Crippen molar-refractivity contribution < 1.29 is 13.6 Å². The summed E-state index contributed by atoms with van der Waals surface area (Å²) in [5, 5.41) is 3.25. The predicted octanol–water partition coefficient (Wildman–Crippen LogP) is 4.29. The van der Waals surface area contributed by atoms with Crippen molar-refractivity contribution in [2.45, 2.75) is 18.3 Å². The van der Waals surface area contributed by atoms with E-state index in [4.69, 9.17) is 11.6 Å². The van der Waals surface area contributed by atoms with Crippen LogP contribution in [0.15, 0.2) is 42.5 Å². The molecule has 3 rings (SSSR count). The monoisotopic (exact) mass is 307 g/mol. The molecule has 0 radical (unpaired) electrons. The summed E-state index contributed by atoms with van der Waals surface area (Å²) in [4.78, 5) is 12.4. The van der Waals surface area contributed by atoms with Gasteiger partial charge in [-0.25, -0.2) is 8.78 Å². The number of anilines is 1. The fourth-order valence-corrected chi connectivity index (χ4v) is 2.49. The number of hydrogen-bond donors (Lipinski definition) is 1. The van der Waals surface area contributed by atoms with E-state index in [1.165, 1.54) is 6.07 Å². The van der Waals surface area contributed by atoms with Crippen LogP contribution in [0.5, 0.6) is 0 Å². The topological polar surface area (TPSA) is 29.1 Å². The van der Waals surface area contributed by atoms with Crippen molar-refractivity contribution in [3.8, 4) is 0 Å². The van der Waals surface area contributed by atoms with Crippen LogP contribution in [0.2, 0.25) is 5.02 Å². The van der Waals surface area contributed by atoms with Gasteiger partial charge in [0, 0.05) is 16.8 Å². The van der Waals surface area contributed by atoms with Gasteiger partial charge < -0.3 is 5.32 Å². The summed E-state index contributed by atoms with van der Waals surface area (Å²) in [6, 6.07) is 10.4. The number of halogens is 3. The Bertz CT molecular complexity index is 696. The van der Waals surface area contributed by atoms with E-state index in [1.54, 1.807) is 12.1 Å². The molecule has 1 saturated carbocycles. The maximum absolute atomic E-state index is 13.2. The fraction of sp³-hybridized carbons (Fsp3) is 0.188. The van der Waals surface area contributed by atoms with Crippen molar-refractivity contribution >= 4 is 23.2 Å². The smallest absolute Gasteiger partial charge is 0.235 e. The van der Waals surface area contributed by atoms with E-state index in [0.29, 0.717) is 5.02 Å². The summed E-state index contributed by atoms with van der Waals surface area (Å²) in [6.07, 6.45) is 1.45. The van der Waals surface area contributed by atoms with Gasteiger partial charge in [-0.1, -0.05) is 23.7 Å². The Balaban J connectivity index is 1.81. The molecule has 1 fully saturated rings. The van der Waals surface area contributed by atoms with Crippen molar-refractivity contribution in [1.29, 1.82) is 0 Å². The van der Waals surface area contributed by atoms with E-state index in [0.717, 1.165) is 30.5 Å². The van der Waals surface area contributed by atoms with Crippen molar-refractivity contribution in [1.82, 2.24) is 0 Å². The molecule has 108 valence electrons. The lowest BCUT2D eigenvalue weighted by Crippen LogP contribution is -2.27. The zero-order chi connectivity index (χ0) is 15.0. The van der Waals surface area contributed by atoms with Crippen LogP contribution in [0.4, 0.5) is 14.5 Å². The first-order valence-electron chi connectivity index (χ1n) is 6.54. The Morgan fingerprint density at radius 2 is 1.71 bits per heavy atom. The number of benzene rings is 2. The van der Waals surface area contributed by atoms with Gasteiger partial charge in [-0.3, -0.25) is 4.79 Å². The number of carbonyl (C=O) groups is 1. The Morgan fingerprint density at radius 1 is 1.05 bits per heavy atom. The summed E-state index contributed by atoms with van der Waals surface area (Å²) >= 11 is 5.85. The van der Waals surface area contributed by atoms with Crippen molar-refractivity contribution in [3.63, 3.8) is 0 Å². The van der Waals surface area contributed by atoms with Crippen LogP contribution in [-0.2, 0) is 10.2 Å². The number of amides is 1. The molecule has 0 spiro atoms. The first-order valence-corrected chi connectivity index (χ1v) is 6.92. The third-order valence-electron chi connectivity index (χ3n) is 3.76. The van der Waals surface area contributed by atoms with Gasteiger partial charge in [0.15, 0.2) is 11.6 Å². The van der Waals surface area contributed by atoms with E-state index in [1.807, 2.05) is 12.1 Å². The molecule has 1 aliphatic rings. The minimum absolute atomic E-state index is 0.212. The molecule has 5 heteroatoms. The van der Waals surface area contributed by atoms with Gasteiger partial charge in [0.05, 0.1) is 5.41 Å². The third-order valence-corrected chi connectivity index (χ3v) is 4.01. The number of nitrogens with one attached hydrogen (secondary N) is 1. The van der Waals surface area contributed by atoms with Crippen molar-refractivity contribution in [3.05, 3.63) is 64.7 Å². The van der Waals surface area contributed by atoms with Crippen LogP contribution in [0, 0.1) is 11.6 Å². The summed E-state index contributed by atoms with van der Waals surface area (Å²) in [5.74, 6) is -2.13. The quantitative estimate of drug-likeness (QED) is 0.900. The molecule has 0 saturated heterocycles. The molecule has 1 aliphatic carbocycles. The van der Waals surface area contributed by atoms with Crippen molar-refractivity contribution in [2.75, 3.05) is 5.32 Å². The zero-order valence-electron chi connectivity index (χ0n) is 11.0. The highest BCUT2D eigenvalue weighted by Crippen LogP contribution is 2.49. The molecule has 0 unspecified atom stereocenters. The lowest BCUT2D eigenvalue weighted by molar-refractivity contribution is -0.118. The zero-order valence-corrected chi connectivity index (χ0v) is 11.8. The average molecular weight is 308 g/mol. The first kappa shape index (κ1) is 14.0. The maximum atomic E-state index is 13.2. The molecule has 2 aromatic rings. The van der Waals surface area contributed by atoms with E-state index in [-0.39, 0.29) is 11.6 Å². The average Bonchev–Trinajstić information content (AvgIpc) is 3.25. The first-order chi connectivity index (χ1) is 10.0. The summed E-state index contributed by atoms with van der Waals surface area (Å²) < 4.78 is 26.1. The Hall–Kier alpha value is -1.94. The Kier molecular flexibility index (Phi) is 3.41. The maximum Gasteiger partial charge on any atom is 0.235 e. The molecule has 0 heterocycles. The predicted molar refractivity (Wildman–Crippen MR) is 77.4 cm³/mol. The molecule has 1 amide bonds. The highest BCUT2D eigenvalue weighted by molar-refractivity contribution is 6.30. The van der Waals surface area contributed by atoms with Gasteiger partial charge in [0.2, 0.25) is 5.91 Å². The molecule has 0 aliphatic heterocycles. The lowest BCUT2D eigenvalue weighted by Gasteiger charge is -2.16. The molecule has 0 bridgehead atoms. The van der Waals surface area contributed by atoms with Gasteiger partial charge in [-0.15, -0.1) is 0 Å². The van der Waals surface area contributed by atoms with Gasteiger partial charge in [0.1, 0.15) is 0 Å². The van der Waals surface area contributed by atoms with Gasteiger partial charge in [0.25, 0.3) is 0 Å². The lowest BCUT2D eigenvalue weighted by atomic mass is 9.95. The molecule has 21 heavy (non-hydrogen) atoms. The summed E-state index contributed by atoms with van der Waals surface area (Å²) in [6.45, 7) is 0. The van der Waals surface area contributed by atoms with Crippen LogP contribution < -0.4 is 5.32 Å². The normalized spacial score (nSPS) is 15.6. The van der Waals surface area contributed by atoms with Crippen molar-refractivity contribution in [2.24, 2.45) is 0 Å². The van der Waals surface area contributed by atoms with Gasteiger partial charge >= 0.3 is 0 Å². The Morgan fingerprint density at radius 3 is 2.29 bits per heavy atom. The Labute approximate surface area is 125 Å². The molecule has 2 aromatic carbocycles. The summed E-state index contributed by atoms with van der Waals surface area (Å²) in [7, 11) is 0. The second kappa shape index (κ2) is 5.11. The minimum Gasteiger partial charge on any atom is -0.325 e. The molecule has 2 nitrogen and oxygen atoms in total. The SMILES string of the molecule is O=C(Nc1ccc(F)c(F)c1)C1(c2ccc(Cl)cc2)CC1. The van der Waals surface area contributed by atoms with E-state index < -0.39 is 17.0 Å². The van der Waals surface area contributed by atoms with Crippen LogP contribution in [-0.4, -0.2) is 5.91 Å². The van der Waals surface area contributed by atoms with Crippen LogP contribution in [0.3, 0.4) is 0 Å². The van der Waals surface area contributed by atoms with E-state index >= 15 is 0 Å². The molecular formula is C16H12ClF2NO. The van der Waals surface area contributed by atoms with Gasteiger partial charge in [-0.2, -0.15) is 0 Å². The van der Waals surface area contributed by atoms with E-state index in [9.17, 15) is 13.6 Å². The minimum atomic E-state index is -0.982. The molecule has 0 aromatic heterocycles. The standard InChI is InChI=1S/C16H12ClF2NO/c17-11-3-1-10(2-4-11)16(7-8-16)15(21)20-12-5-6-13(18)14(19)9-12/h1-6,9H,7-8H2,(H,20,21). The fourth-order valence-electron chi connectivity index (χ4n) is 2.37. The third kappa shape index (κ3) is 2.63. The molecular weight excluding hydrogens is 296 g/mol. The summed E-state index contributed by atoms with van der Waals surface area (Å²) in [5.41, 5.74) is 0.543. The van der Waals surface area contributed by atoms with Crippen LogP contribution >= 0.6 is 11.6 Å². The highest BCUT2D eigenvalue weighted by atomic mass is 35.5. The molecule has 0 atom stereocenters. The van der Waals surface area contributed by atoms with Crippen LogP contribution in [0.1, 0.15) is 18.4 Å². The number of hydrogen-bond acceptors (Lipinski definition) is 1. The second-order valence-corrected chi connectivity index (χ2v) is 5.61. The van der Waals surface area contributed by atoms with Gasteiger partial charge in [-0.05, 0) is 42.7 Å². The van der Waals surface area contributed by atoms with Crippen LogP contribution in [0.25, 0.3) is 0 Å². The molecule has 1 N–H and O–H groups in total. The number of rotatable bonds is 3.